The van der Waals surface area contributed by atoms with E-state index in [4.69, 9.17) is 4.74 Å². The minimum Gasteiger partial charge on any atom is -0.495 e. The van der Waals surface area contributed by atoms with E-state index in [9.17, 15) is 13.2 Å². The lowest BCUT2D eigenvalue weighted by Crippen LogP contribution is -2.32. The van der Waals surface area contributed by atoms with Crippen LogP contribution < -0.4 is 9.46 Å². The number of carbonyl (C=O) groups excluding carboxylic acids is 1. The monoisotopic (exact) mass is 328 g/mol. The summed E-state index contributed by atoms with van der Waals surface area (Å²) in [4.78, 5) is 14.0. The number of methoxy groups -OCH3 is 1. The molecule has 0 fully saturated rings. The normalized spacial score (nSPS) is 11.5. The van der Waals surface area contributed by atoms with Gasteiger partial charge in [0.25, 0.3) is 5.91 Å². The number of ether oxygens (including phenoxy) is 1. The number of benzene rings is 1. The summed E-state index contributed by atoms with van der Waals surface area (Å²) in [6.07, 6.45) is 0. The van der Waals surface area contributed by atoms with Crippen LogP contribution in [0.25, 0.3) is 0 Å². The van der Waals surface area contributed by atoms with Crippen molar-refractivity contribution in [1.29, 1.82) is 0 Å². The molecule has 1 N–H and O–H groups in total. The molecule has 1 aromatic rings. The van der Waals surface area contributed by atoms with Crippen LogP contribution in [-0.4, -0.2) is 45.5 Å². The first-order valence-electron chi connectivity index (χ1n) is 7.26. The highest BCUT2D eigenvalue weighted by molar-refractivity contribution is 7.89. The molecular weight excluding hydrogens is 304 g/mol. The van der Waals surface area contributed by atoms with Gasteiger partial charge < -0.3 is 9.64 Å². The molecule has 6 nitrogen and oxygen atoms in total. The van der Waals surface area contributed by atoms with E-state index in [1.807, 2.05) is 13.8 Å². The van der Waals surface area contributed by atoms with Gasteiger partial charge in [-0.15, -0.1) is 0 Å². The first-order chi connectivity index (χ1) is 10.3. The standard InChI is InChI=1S/C15H24N2O4S/c1-6-17(7-2)15(18)12-8-9-13(21-5)14(10-12)22(19,20)16-11(3)4/h8-11,16H,6-7H2,1-5H3. The van der Waals surface area contributed by atoms with Gasteiger partial charge in [0, 0.05) is 24.7 Å². The molecule has 0 spiro atoms. The van der Waals surface area contributed by atoms with Gasteiger partial charge in [-0.1, -0.05) is 0 Å². The molecule has 0 heterocycles. The third kappa shape index (κ3) is 4.20. The molecule has 1 amide bonds. The lowest BCUT2D eigenvalue weighted by atomic mass is 10.2. The molecule has 0 radical (unpaired) electrons. The molecule has 0 aromatic heterocycles. The van der Waals surface area contributed by atoms with Gasteiger partial charge in [0.05, 0.1) is 7.11 Å². The zero-order valence-electron chi connectivity index (χ0n) is 13.7. The quantitative estimate of drug-likeness (QED) is 0.829. The van der Waals surface area contributed by atoms with Gasteiger partial charge in [0.15, 0.2) is 0 Å². The van der Waals surface area contributed by atoms with E-state index in [-0.39, 0.29) is 22.6 Å². The summed E-state index contributed by atoms with van der Waals surface area (Å²) in [5, 5.41) is 0. The fourth-order valence-corrected chi connectivity index (χ4v) is 3.53. The van der Waals surface area contributed by atoms with E-state index in [2.05, 4.69) is 4.72 Å². The van der Waals surface area contributed by atoms with Crippen molar-refractivity contribution in [3.8, 4) is 5.75 Å². The van der Waals surface area contributed by atoms with Crippen molar-refractivity contribution in [1.82, 2.24) is 9.62 Å². The molecule has 22 heavy (non-hydrogen) atoms. The third-order valence-corrected chi connectivity index (χ3v) is 4.82. The van der Waals surface area contributed by atoms with Crippen LogP contribution in [0.3, 0.4) is 0 Å². The Morgan fingerprint density at radius 2 is 1.86 bits per heavy atom. The number of carbonyl (C=O) groups is 1. The molecule has 0 unspecified atom stereocenters. The highest BCUT2D eigenvalue weighted by Crippen LogP contribution is 2.25. The van der Waals surface area contributed by atoms with Crippen LogP contribution in [0.1, 0.15) is 38.1 Å². The molecule has 124 valence electrons. The number of hydrogen-bond acceptors (Lipinski definition) is 4. The molecule has 0 aliphatic heterocycles. The lowest BCUT2D eigenvalue weighted by Gasteiger charge is -2.20. The van der Waals surface area contributed by atoms with Gasteiger partial charge in [0.2, 0.25) is 10.0 Å². The van der Waals surface area contributed by atoms with E-state index in [0.717, 1.165) is 0 Å². The minimum absolute atomic E-state index is 0.0262. The van der Waals surface area contributed by atoms with Crippen LogP contribution in [-0.2, 0) is 10.0 Å². The first kappa shape index (κ1) is 18.4. The topological polar surface area (TPSA) is 75.7 Å². The van der Waals surface area contributed by atoms with Crippen LogP contribution in [0.15, 0.2) is 23.1 Å². The Kier molecular flexibility index (Phi) is 6.37. The number of amides is 1. The van der Waals surface area contributed by atoms with Gasteiger partial charge in [-0.2, -0.15) is 0 Å². The first-order valence-corrected chi connectivity index (χ1v) is 8.74. The van der Waals surface area contributed by atoms with Gasteiger partial charge >= 0.3 is 0 Å². The second-order valence-corrected chi connectivity index (χ2v) is 6.80. The maximum absolute atomic E-state index is 12.4. The lowest BCUT2D eigenvalue weighted by molar-refractivity contribution is 0.0772. The smallest absolute Gasteiger partial charge is 0.253 e. The third-order valence-electron chi connectivity index (χ3n) is 3.14. The summed E-state index contributed by atoms with van der Waals surface area (Å²) in [5.41, 5.74) is 0.327. The molecule has 7 heteroatoms. The van der Waals surface area contributed by atoms with Crippen molar-refractivity contribution in [3.63, 3.8) is 0 Å². The molecule has 1 rings (SSSR count). The zero-order valence-corrected chi connectivity index (χ0v) is 14.5. The Hall–Kier alpha value is -1.60. The molecule has 0 saturated heterocycles. The Morgan fingerprint density at radius 1 is 1.27 bits per heavy atom. The highest BCUT2D eigenvalue weighted by atomic mass is 32.2. The molecule has 0 aliphatic rings. The van der Waals surface area contributed by atoms with Crippen molar-refractivity contribution in [3.05, 3.63) is 23.8 Å². The van der Waals surface area contributed by atoms with E-state index in [1.54, 1.807) is 24.8 Å². The van der Waals surface area contributed by atoms with Crippen LogP contribution in [0.4, 0.5) is 0 Å². The Bertz CT molecular complexity index is 622. The van der Waals surface area contributed by atoms with E-state index in [1.165, 1.54) is 19.2 Å². The van der Waals surface area contributed by atoms with Crippen molar-refractivity contribution in [2.45, 2.75) is 38.6 Å². The largest absolute Gasteiger partial charge is 0.495 e. The molecule has 0 atom stereocenters. The Morgan fingerprint density at radius 3 is 2.32 bits per heavy atom. The van der Waals surface area contributed by atoms with Crippen LogP contribution in [0, 0.1) is 0 Å². The predicted octanol–water partition coefficient (Wildman–Crippen LogP) is 1.86. The molecular formula is C15H24N2O4S. The zero-order chi connectivity index (χ0) is 16.9. The Labute approximate surface area is 132 Å². The van der Waals surface area contributed by atoms with E-state index < -0.39 is 10.0 Å². The maximum atomic E-state index is 12.4. The number of rotatable bonds is 7. The molecule has 0 saturated carbocycles. The van der Waals surface area contributed by atoms with Crippen molar-refractivity contribution in [2.24, 2.45) is 0 Å². The second-order valence-electron chi connectivity index (χ2n) is 5.12. The summed E-state index contributed by atoms with van der Waals surface area (Å²) in [5.74, 6) is 0.0119. The summed E-state index contributed by atoms with van der Waals surface area (Å²) in [6.45, 7) is 8.34. The SMILES string of the molecule is CCN(CC)C(=O)c1ccc(OC)c(S(=O)(=O)NC(C)C)c1. The highest BCUT2D eigenvalue weighted by Gasteiger charge is 2.23. The van der Waals surface area contributed by atoms with Crippen LogP contribution >= 0.6 is 0 Å². The van der Waals surface area contributed by atoms with E-state index in [0.29, 0.717) is 18.7 Å². The van der Waals surface area contributed by atoms with Crippen LogP contribution in [0.5, 0.6) is 5.75 Å². The average Bonchev–Trinajstić information content (AvgIpc) is 2.46. The van der Waals surface area contributed by atoms with Crippen molar-refractivity contribution in [2.75, 3.05) is 20.2 Å². The van der Waals surface area contributed by atoms with Gasteiger partial charge in [0.1, 0.15) is 10.6 Å². The number of nitrogens with one attached hydrogen (secondary N) is 1. The maximum Gasteiger partial charge on any atom is 0.253 e. The number of sulfonamides is 1. The molecule has 1 aromatic carbocycles. The average molecular weight is 328 g/mol. The van der Waals surface area contributed by atoms with Crippen molar-refractivity contribution >= 4 is 15.9 Å². The van der Waals surface area contributed by atoms with Gasteiger partial charge in [-0.25, -0.2) is 13.1 Å². The summed E-state index contributed by atoms with van der Waals surface area (Å²) in [7, 11) is -2.34. The molecule has 0 bridgehead atoms. The van der Waals surface area contributed by atoms with Gasteiger partial charge in [-0.3, -0.25) is 4.79 Å². The van der Waals surface area contributed by atoms with E-state index >= 15 is 0 Å². The number of hydrogen-bond donors (Lipinski definition) is 1. The fraction of sp³-hybridized carbons (Fsp3) is 0.533. The molecule has 0 aliphatic carbocycles. The van der Waals surface area contributed by atoms with Gasteiger partial charge in [-0.05, 0) is 45.9 Å². The van der Waals surface area contributed by atoms with Crippen molar-refractivity contribution < 1.29 is 17.9 Å². The van der Waals surface area contributed by atoms with Crippen LogP contribution in [0.2, 0.25) is 0 Å². The summed E-state index contributed by atoms with van der Waals surface area (Å²) in [6, 6.07) is 4.20. The Balaban J connectivity index is 3.33. The fourth-order valence-electron chi connectivity index (χ4n) is 2.09. The summed E-state index contributed by atoms with van der Waals surface area (Å²) >= 11 is 0. The second kappa shape index (κ2) is 7.60. The minimum atomic E-state index is -3.74. The summed E-state index contributed by atoms with van der Waals surface area (Å²) < 4.78 is 32.4. The number of nitrogens with zero attached hydrogens (tertiary/aromatic N) is 1. The predicted molar refractivity (Wildman–Crippen MR) is 85.7 cm³/mol.